The highest BCUT2D eigenvalue weighted by Gasteiger charge is 2.40. The Balaban J connectivity index is 1.44. The molecule has 5 rings (SSSR count). The van der Waals surface area contributed by atoms with Crippen molar-refractivity contribution in [1.29, 1.82) is 0 Å². The van der Waals surface area contributed by atoms with E-state index in [1.54, 1.807) is 6.33 Å². The minimum Gasteiger partial charge on any atom is -0.375 e. The molecule has 26 heavy (non-hydrogen) atoms. The van der Waals surface area contributed by atoms with Gasteiger partial charge in [0.25, 0.3) is 0 Å². The first-order valence-electron chi connectivity index (χ1n) is 9.48. The van der Waals surface area contributed by atoms with Crippen molar-refractivity contribution in [2.75, 3.05) is 11.9 Å². The molecule has 134 valence electrons. The summed E-state index contributed by atoms with van der Waals surface area (Å²) >= 11 is 0. The third-order valence-corrected chi connectivity index (χ3v) is 5.72. The van der Waals surface area contributed by atoms with Crippen molar-refractivity contribution in [3.05, 3.63) is 42.9 Å². The number of fused-ring (bicyclic) bond motifs is 1. The number of nitrogens with one attached hydrogen (secondary N) is 1. The van der Waals surface area contributed by atoms with Gasteiger partial charge < -0.3 is 10.1 Å². The predicted octanol–water partition coefficient (Wildman–Crippen LogP) is 3.72. The van der Waals surface area contributed by atoms with Crippen molar-refractivity contribution in [2.24, 2.45) is 0 Å². The van der Waals surface area contributed by atoms with E-state index in [9.17, 15) is 0 Å². The fourth-order valence-corrected chi connectivity index (χ4v) is 4.43. The van der Waals surface area contributed by atoms with Crippen LogP contribution in [0.1, 0.15) is 38.5 Å². The van der Waals surface area contributed by atoms with E-state index in [1.807, 2.05) is 41.2 Å². The maximum atomic E-state index is 6.15. The molecule has 1 N–H and O–H groups in total. The van der Waals surface area contributed by atoms with Gasteiger partial charge in [0.15, 0.2) is 5.65 Å². The Hall–Kier alpha value is -2.47. The molecule has 1 unspecified atom stereocenters. The van der Waals surface area contributed by atoms with Crippen molar-refractivity contribution in [2.45, 2.75) is 50.2 Å². The molecule has 1 saturated carbocycles. The van der Waals surface area contributed by atoms with Crippen LogP contribution in [0.4, 0.5) is 5.82 Å². The van der Waals surface area contributed by atoms with Crippen molar-refractivity contribution < 1.29 is 4.74 Å². The third-order valence-electron chi connectivity index (χ3n) is 5.72. The zero-order valence-electron chi connectivity index (χ0n) is 14.8. The van der Waals surface area contributed by atoms with Gasteiger partial charge in [0, 0.05) is 12.6 Å². The van der Waals surface area contributed by atoms with Gasteiger partial charge in [-0.05, 0) is 37.8 Å². The molecule has 3 aromatic rings. The molecule has 3 heterocycles. The van der Waals surface area contributed by atoms with Gasteiger partial charge in [-0.3, -0.25) is 0 Å². The smallest absolute Gasteiger partial charge is 0.168 e. The van der Waals surface area contributed by atoms with Crippen LogP contribution in [0.5, 0.6) is 0 Å². The number of benzene rings is 1. The molecule has 6 heteroatoms. The Morgan fingerprint density at radius 2 is 1.96 bits per heavy atom. The molecule has 0 amide bonds. The van der Waals surface area contributed by atoms with E-state index in [2.05, 4.69) is 20.4 Å². The first-order valence-corrected chi connectivity index (χ1v) is 9.48. The van der Waals surface area contributed by atoms with Gasteiger partial charge in [0.05, 0.1) is 22.9 Å². The zero-order chi connectivity index (χ0) is 17.4. The predicted molar refractivity (Wildman–Crippen MR) is 100 cm³/mol. The molecule has 0 radical (unpaired) electrons. The Kier molecular flexibility index (Phi) is 3.85. The summed E-state index contributed by atoms with van der Waals surface area (Å²) in [5.74, 6) is 0.872. The second-order valence-corrected chi connectivity index (χ2v) is 7.42. The normalized spacial score (nSPS) is 22.1. The van der Waals surface area contributed by atoms with Gasteiger partial charge in [-0.1, -0.05) is 31.0 Å². The molecule has 6 nitrogen and oxygen atoms in total. The second kappa shape index (κ2) is 6.36. The number of ether oxygens (including phenoxy) is 1. The van der Waals surface area contributed by atoms with E-state index in [0.717, 1.165) is 42.0 Å². The first-order chi connectivity index (χ1) is 12.8. The molecule has 1 aliphatic carbocycles. The highest BCUT2D eigenvalue weighted by atomic mass is 16.5. The molecule has 1 aromatic carbocycles. The first kappa shape index (κ1) is 15.8. The van der Waals surface area contributed by atoms with Crippen molar-refractivity contribution in [3.63, 3.8) is 0 Å². The molecule has 1 aliphatic heterocycles. The molecule has 2 aromatic heterocycles. The minimum atomic E-state index is 0.0935. The number of aromatic nitrogens is 4. The van der Waals surface area contributed by atoms with E-state index < -0.39 is 0 Å². The van der Waals surface area contributed by atoms with Crippen LogP contribution in [-0.4, -0.2) is 38.0 Å². The monoisotopic (exact) mass is 349 g/mol. The van der Waals surface area contributed by atoms with E-state index in [0.29, 0.717) is 6.04 Å². The van der Waals surface area contributed by atoms with Crippen molar-refractivity contribution in [1.82, 2.24) is 19.7 Å². The number of hydrogen-bond acceptors (Lipinski definition) is 5. The number of nitrogens with zero attached hydrogens (tertiary/aromatic N) is 4. The lowest BCUT2D eigenvalue weighted by Gasteiger charge is -2.38. The Bertz CT molecular complexity index is 901. The molecular formula is C20H23N5O. The van der Waals surface area contributed by atoms with Crippen LogP contribution in [0.25, 0.3) is 16.7 Å². The summed E-state index contributed by atoms with van der Waals surface area (Å²) < 4.78 is 8.02. The number of rotatable bonds is 3. The second-order valence-electron chi connectivity index (χ2n) is 7.42. The molecule has 1 saturated heterocycles. The standard InChI is InChI=1S/C20H23N5O/c1-2-6-16(7-3-1)25-19-17(13-23-25)18(21-14-22-19)24-15-8-11-26-20(12-15)9-4-5-10-20/h1-3,6-7,13-15H,4-5,8-12H2,(H,21,22,24). The molecule has 2 fully saturated rings. The maximum Gasteiger partial charge on any atom is 0.168 e. The molecule has 0 bridgehead atoms. The topological polar surface area (TPSA) is 64.9 Å². The van der Waals surface area contributed by atoms with Crippen LogP contribution < -0.4 is 5.32 Å². The van der Waals surface area contributed by atoms with E-state index in [4.69, 9.17) is 4.74 Å². The van der Waals surface area contributed by atoms with Gasteiger partial charge in [0.1, 0.15) is 12.1 Å². The zero-order valence-corrected chi connectivity index (χ0v) is 14.8. The van der Waals surface area contributed by atoms with E-state index in [1.165, 1.54) is 25.7 Å². The summed E-state index contributed by atoms with van der Waals surface area (Å²) in [4.78, 5) is 8.97. The minimum absolute atomic E-state index is 0.0935. The van der Waals surface area contributed by atoms with Crippen LogP contribution >= 0.6 is 0 Å². The fourth-order valence-electron chi connectivity index (χ4n) is 4.43. The number of para-hydroxylation sites is 1. The lowest BCUT2D eigenvalue weighted by molar-refractivity contribution is -0.0767. The summed E-state index contributed by atoms with van der Waals surface area (Å²) in [6.07, 6.45) is 10.5. The maximum absolute atomic E-state index is 6.15. The number of hydrogen-bond donors (Lipinski definition) is 1. The average Bonchev–Trinajstić information content (AvgIpc) is 3.30. The fraction of sp³-hybridized carbons (Fsp3) is 0.450. The number of anilines is 1. The highest BCUT2D eigenvalue weighted by Crippen LogP contribution is 2.40. The summed E-state index contributed by atoms with van der Waals surface area (Å²) in [5, 5.41) is 9.16. The van der Waals surface area contributed by atoms with Gasteiger partial charge >= 0.3 is 0 Å². The SMILES string of the molecule is c1ccc(-n2ncc3c(NC4CCOC5(CCCC5)C4)ncnc32)cc1. The van der Waals surface area contributed by atoms with Gasteiger partial charge in [-0.2, -0.15) is 5.10 Å². The Morgan fingerprint density at radius 1 is 1.12 bits per heavy atom. The quantitative estimate of drug-likeness (QED) is 0.781. The average molecular weight is 349 g/mol. The van der Waals surface area contributed by atoms with Crippen LogP contribution in [0.15, 0.2) is 42.9 Å². The van der Waals surface area contributed by atoms with Crippen LogP contribution in [0, 0.1) is 0 Å². The Morgan fingerprint density at radius 3 is 2.81 bits per heavy atom. The van der Waals surface area contributed by atoms with Gasteiger partial charge in [-0.25, -0.2) is 14.6 Å². The highest BCUT2D eigenvalue weighted by molar-refractivity contribution is 5.87. The summed E-state index contributed by atoms with van der Waals surface area (Å²) in [7, 11) is 0. The summed E-state index contributed by atoms with van der Waals surface area (Å²) in [5.41, 5.74) is 1.93. The van der Waals surface area contributed by atoms with Crippen LogP contribution in [0.3, 0.4) is 0 Å². The molecule has 2 aliphatic rings. The van der Waals surface area contributed by atoms with Crippen molar-refractivity contribution in [3.8, 4) is 5.69 Å². The van der Waals surface area contributed by atoms with E-state index >= 15 is 0 Å². The molecular weight excluding hydrogens is 326 g/mol. The molecule has 1 spiro atoms. The van der Waals surface area contributed by atoms with Gasteiger partial charge in [0.2, 0.25) is 0 Å². The van der Waals surface area contributed by atoms with E-state index in [-0.39, 0.29) is 5.60 Å². The molecule has 1 atom stereocenters. The lowest BCUT2D eigenvalue weighted by atomic mass is 9.89. The summed E-state index contributed by atoms with van der Waals surface area (Å²) in [6, 6.07) is 10.5. The lowest BCUT2D eigenvalue weighted by Crippen LogP contribution is -2.42. The Labute approximate surface area is 152 Å². The summed E-state index contributed by atoms with van der Waals surface area (Å²) in [6.45, 7) is 0.829. The van der Waals surface area contributed by atoms with Crippen LogP contribution in [-0.2, 0) is 4.74 Å². The largest absolute Gasteiger partial charge is 0.375 e. The van der Waals surface area contributed by atoms with Crippen molar-refractivity contribution >= 4 is 16.9 Å². The van der Waals surface area contributed by atoms with Gasteiger partial charge in [-0.15, -0.1) is 0 Å². The van der Waals surface area contributed by atoms with Crippen LogP contribution in [0.2, 0.25) is 0 Å². The third kappa shape index (κ3) is 2.74.